The van der Waals surface area contributed by atoms with Crippen LogP contribution in [0.25, 0.3) is 0 Å². The highest BCUT2D eigenvalue weighted by molar-refractivity contribution is 8.00. The molecule has 0 radical (unpaired) electrons. The lowest BCUT2D eigenvalue weighted by molar-refractivity contribution is -0.134. The van der Waals surface area contributed by atoms with Crippen LogP contribution in [-0.2, 0) is 16.1 Å². The van der Waals surface area contributed by atoms with Crippen LogP contribution in [0.3, 0.4) is 0 Å². The highest BCUT2D eigenvalue weighted by Gasteiger charge is 2.25. The van der Waals surface area contributed by atoms with Crippen molar-refractivity contribution in [1.29, 1.82) is 0 Å². The third-order valence-electron chi connectivity index (χ3n) is 3.78. The standard InChI is InChI=1S/C17H21N3O4S/c1-12-3-5-14(6-4-12)23-11-15-18-19-17(24-15)25-13(2)16(21)20-7-9-22-10-8-20/h3-6,13H,7-11H2,1-2H3/t13-/m0/s1. The first-order valence-corrected chi connectivity index (χ1v) is 9.05. The zero-order valence-electron chi connectivity index (χ0n) is 14.3. The van der Waals surface area contributed by atoms with E-state index in [1.54, 1.807) is 4.90 Å². The molecule has 25 heavy (non-hydrogen) atoms. The molecule has 0 N–H and O–H groups in total. The Morgan fingerprint density at radius 3 is 2.72 bits per heavy atom. The molecule has 0 unspecified atom stereocenters. The molecular weight excluding hydrogens is 342 g/mol. The molecule has 1 atom stereocenters. The largest absolute Gasteiger partial charge is 0.484 e. The van der Waals surface area contributed by atoms with Crippen molar-refractivity contribution < 1.29 is 18.7 Å². The van der Waals surface area contributed by atoms with E-state index >= 15 is 0 Å². The van der Waals surface area contributed by atoms with Crippen LogP contribution in [0.5, 0.6) is 5.75 Å². The Kier molecular flexibility index (Phi) is 5.93. The SMILES string of the molecule is Cc1ccc(OCc2nnc(S[C@@H](C)C(=O)N3CCOCC3)o2)cc1. The van der Waals surface area contributed by atoms with E-state index < -0.39 is 0 Å². The number of hydrogen-bond acceptors (Lipinski definition) is 7. The molecule has 2 heterocycles. The molecule has 0 bridgehead atoms. The smallest absolute Gasteiger partial charge is 0.277 e. The van der Waals surface area contributed by atoms with Crippen molar-refractivity contribution in [2.24, 2.45) is 0 Å². The van der Waals surface area contributed by atoms with E-state index in [2.05, 4.69) is 10.2 Å². The maximum Gasteiger partial charge on any atom is 0.277 e. The van der Waals surface area contributed by atoms with Gasteiger partial charge in [-0.2, -0.15) is 0 Å². The average Bonchev–Trinajstić information content (AvgIpc) is 3.08. The van der Waals surface area contributed by atoms with Crippen molar-refractivity contribution in [3.05, 3.63) is 35.7 Å². The zero-order chi connectivity index (χ0) is 17.6. The summed E-state index contributed by atoms with van der Waals surface area (Å²) in [5.41, 5.74) is 1.17. The number of morpholine rings is 1. The van der Waals surface area contributed by atoms with E-state index in [1.807, 2.05) is 38.1 Å². The maximum atomic E-state index is 12.4. The van der Waals surface area contributed by atoms with Crippen molar-refractivity contribution in [2.45, 2.75) is 30.9 Å². The summed E-state index contributed by atoms with van der Waals surface area (Å²) in [6.07, 6.45) is 0. The van der Waals surface area contributed by atoms with Crippen LogP contribution in [0.1, 0.15) is 18.4 Å². The molecule has 2 aromatic rings. The first kappa shape index (κ1) is 17.8. The van der Waals surface area contributed by atoms with Crippen LogP contribution < -0.4 is 4.74 Å². The molecule has 1 aliphatic heterocycles. The summed E-state index contributed by atoms with van der Waals surface area (Å²) in [7, 11) is 0. The quantitative estimate of drug-likeness (QED) is 0.729. The van der Waals surface area contributed by atoms with Gasteiger partial charge in [0, 0.05) is 13.1 Å². The Balaban J connectivity index is 1.50. The summed E-state index contributed by atoms with van der Waals surface area (Å²) in [5, 5.41) is 8.03. The highest BCUT2D eigenvalue weighted by Crippen LogP contribution is 2.24. The van der Waals surface area contributed by atoms with E-state index in [1.165, 1.54) is 17.3 Å². The number of rotatable bonds is 6. The maximum absolute atomic E-state index is 12.4. The molecule has 0 aliphatic carbocycles. The normalized spacial score (nSPS) is 15.8. The van der Waals surface area contributed by atoms with Gasteiger partial charge in [-0.15, -0.1) is 10.2 Å². The Morgan fingerprint density at radius 1 is 1.28 bits per heavy atom. The molecule has 8 heteroatoms. The number of ether oxygens (including phenoxy) is 2. The first-order valence-electron chi connectivity index (χ1n) is 8.17. The second-order valence-corrected chi connectivity index (χ2v) is 7.05. The van der Waals surface area contributed by atoms with Crippen molar-refractivity contribution in [3.63, 3.8) is 0 Å². The van der Waals surface area contributed by atoms with Gasteiger partial charge in [0.15, 0.2) is 6.61 Å². The van der Waals surface area contributed by atoms with E-state index in [4.69, 9.17) is 13.9 Å². The fourth-order valence-electron chi connectivity index (χ4n) is 2.37. The monoisotopic (exact) mass is 363 g/mol. The van der Waals surface area contributed by atoms with Crippen LogP contribution in [0.15, 0.2) is 33.9 Å². The lowest BCUT2D eigenvalue weighted by Crippen LogP contribution is -2.44. The second-order valence-electron chi connectivity index (χ2n) is 5.76. The van der Waals surface area contributed by atoms with Crippen molar-refractivity contribution in [3.8, 4) is 5.75 Å². The predicted molar refractivity (Wildman–Crippen MR) is 92.5 cm³/mol. The van der Waals surface area contributed by atoms with Gasteiger partial charge in [0.25, 0.3) is 11.1 Å². The van der Waals surface area contributed by atoms with Gasteiger partial charge >= 0.3 is 0 Å². The van der Waals surface area contributed by atoms with E-state index in [9.17, 15) is 4.79 Å². The van der Waals surface area contributed by atoms with Crippen LogP contribution in [0.4, 0.5) is 0 Å². The molecule has 1 aromatic carbocycles. The number of hydrogen-bond donors (Lipinski definition) is 0. The van der Waals surface area contributed by atoms with E-state index in [0.717, 1.165) is 5.75 Å². The number of carbonyl (C=O) groups excluding carboxylic acids is 1. The minimum Gasteiger partial charge on any atom is -0.484 e. The van der Waals surface area contributed by atoms with Gasteiger partial charge in [0.2, 0.25) is 5.91 Å². The summed E-state index contributed by atoms with van der Waals surface area (Å²) < 4.78 is 16.4. The number of aromatic nitrogens is 2. The minimum absolute atomic E-state index is 0.0592. The number of aryl methyl sites for hydroxylation is 1. The Labute approximate surface area is 150 Å². The molecule has 1 saturated heterocycles. The van der Waals surface area contributed by atoms with Crippen LogP contribution >= 0.6 is 11.8 Å². The predicted octanol–water partition coefficient (Wildman–Crippen LogP) is 2.30. The Morgan fingerprint density at radius 2 is 2.00 bits per heavy atom. The zero-order valence-corrected chi connectivity index (χ0v) is 15.1. The van der Waals surface area contributed by atoms with Crippen molar-refractivity contribution in [2.75, 3.05) is 26.3 Å². The van der Waals surface area contributed by atoms with Crippen LogP contribution in [-0.4, -0.2) is 52.6 Å². The molecule has 0 saturated carbocycles. The number of amides is 1. The number of thioether (sulfide) groups is 1. The summed E-state index contributed by atoms with van der Waals surface area (Å²) in [4.78, 5) is 14.2. The molecule has 7 nitrogen and oxygen atoms in total. The van der Waals surface area contributed by atoms with Crippen LogP contribution in [0.2, 0.25) is 0 Å². The third kappa shape index (κ3) is 4.96. The Hall–Kier alpha value is -2.06. The molecule has 134 valence electrons. The first-order chi connectivity index (χ1) is 12.1. The lowest BCUT2D eigenvalue weighted by atomic mass is 10.2. The summed E-state index contributed by atoms with van der Waals surface area (Å²) in [6.45, 7) is 6.49. The van der Waals surface area contributed by atoms with Gasteiger partial charge in [0.05, 0.1) is 18.5 Å². The number of nitrogens with zero attached hydrogens (tertiary/aromatic N) is 3. The fourth-order valence-corrected chi connectivity index (χ4v) is 3.15. The average molecular weight is 363 g/mol. The van der Waals surface area contributed by atoms with Crippen molar-refractivity contribution in [1.82, 2.24) is 15.1 Å². The van der Waals surface area contributed by atoms with Crippen molar-refractivity contribution >= 4 is 17.7 Å². The molecule has 1 aromatic heterocycles. The molecular formula is C17H21N3O4S. The van der Waals surface area contributed by atoms with Gasteiger partial charge in [-0.3, -0.25) is 4.79 Å². The minimum atomic E-state index is -0.288. The number of carbonyl (C=O) groups is 1. The Bertz CT molecular complexity index is 698. The topological polar surface area (TPSA) is 77.7 Å². The molecule has 1 fully saturated rings. The fraction of sp³-hybridized carbons (Fsp3) is 0.471. The third-order valence-corrected chi connectivity index (χ3v) is 4.70. The lowest BCUT2D eigenvalue weighted by Gasteiger charge is -2.28. The van der Waals surface area contributed by atoms with Crippen LogP contribution in [0, 0.1) is 6.92 Å². The summed E-state index contributed by atoms with van der Waals surface area (Å²) in [5.74, 6) is 1.19. The molecule has 1 amide bonds. The highest BCUT2D eigenvalue weighted by atomic mass is 32.2. The van der Waals surface area contributed by atoms with E-state index in [0.29, 0.717) is 37.4 Å². The van der Waals surface area contributed by atoms with Gasteiger partial charge in [-0.05, 0) is 26.0 Å². The molecule has 1 aliphatic rings. The van der Waals surface area contributed by atoms with Gasteiger partial charge < -0.3 is 18.8 Å². The van der Waals surface area contributed by atoms with Gasteiger partial charge in [0.1, 0.15) is 5.75 Å². The van der Waals surface area contributed by atoms with Gasteiger partial charge in [-0.1, -0.05) is 29.5 Å². The molecule has 0 spiro atoms. The summed E-state index contributed by atoms with van der Waals surface area (Å²) in [6, 6.07) is 7.74. The molecule has 3 rings (SSSR count). The van der Waals surface area contributed by atoms with E-state index in [-0.39, 0.29) is 17.8 Å². The summed E-state index contributed by atoms with van der Waals surface area (Å²) >= 11 is 1.26. The van der Waals surface area contributed by atoms with Gasteiger partial charge in [-0.25, -0.2) is 0 Å². The second kappa shape index (κ2) is 8.35. The number of benzene rings is 1.